The Kier molecular flexibility index (Phi) is 8.80. The van der Waals surface area contributed by atoms with E-state index in [4.69, 9.17) is 23.2 Å². The summed E-state index contributed by atoms with van der Waals surface area (Å²) in [5.74, 6) is -0.450. The molecule has 1 aliphatic rings. The molecule has 1 fully saturated rings. The molecule has 0 radical (unpaired) electrons. The van der Waals surface area contributed by atoms with E-state index >= 15 is 0 Å². The van der Waals surface area contributed by atoms with Gasteiger partial charge in [-0.25, -0.2) is 8.42 Å². The number of hydrogen-bond donors (Lipinski definition) is 0. The highest BCUT2D eigenvalue weighted by Crippen LogP contribution is 2.53. The summed E-state index contributed by atoms with van der Waals surface area (Å²) in [7, 11) is -3.48. The number of hydrogen-bond acceptors (Lipinski definition) is 3. The van der Waals surface area contributed by atoms with Gasteiger partial charge in [0.1, 0.15) is 0 Å². The number of allylic oxidation sites excluding steroid dienone is 2. The maximum atomic E-state index is 14.3. The first-order chi connectivity index (χ1) is 16.8. The van der Waals surface area contributed by atoms with Crippen LogP contribution in [0.4, 0.5) is 0 Å². The minimum absolute atomic E-state index is 0.101. The zero-order valence-corrected chi connectivity index (χ0v) is 23.9. The zero-order chi connectivity index (χ0) is 26.8. The Morgan fingerprint density at radius 1 is 1.11 bits per heavy atom. The Balaban J connectivity index is 2.33. The first kappa shape index (κ1) is 28.5. The summed E-state index contributed by atoms with van der Waals surface area (Å²) in [4.78, 5) is 16.1. The third kappa shape index (κ3) is 5.90. The molecule has 0 aliphatic carbocycles. The lowest BCUT2D eigenvalue weighted by atomic mass is 9.67. The molecule has 0 bridgehead atoms. The van der Waals surface area contributed by atoms with E-state index in [0.717, 1.165) is 16.7 Å². The van der Waals surface area contributed by atoms with E-state index in [1.165, 1.54) is 0 Å². The largest absolute Gasteiger partial charge is 0.307 e. The SMILES string of the molecule is C=CC[C@@]1(C)C[C@H](c2cccc(Cl)c2)[C@@H](c2ccc(Cl)cc2)N(C(CS(=O)(=O)C(C)C)=C(C)C)C1=O. The van der Waals surface area contributed by atoms with Gasteiger partial charge in [-0.05, 0) is 75.9 Å². The number of carbonyl (C=O) groups excluding carboxylic acids is 1. The highest BCUT2D eigenvalue weighted by atomic mass is 35.5. The molecule has 3 rings (SSSR count). The number of likely N-dealkylation sites (tertiary alicyclic amines) is 1. The molecule has 1 heterocycles. The molecule has 7 heteroatoms. The average Bonchev–Trinajstić information content (AvgIpc) is 2.80. The van der Waals surface area contributed by atoms with Gasteiger partial charge in [-0.1, -0.05) is 66.0 Å². The fourth-order valence-electron chi connectivity index (χ4n) is 4.95. The molecule has 3 atom stereocenters. The van der Waals surface area contributed by atoms with Crippen molar-refractivity contribution in [1.29, 1.82) is 0 Å². The average molecular weight is 549 g/mol. The molecule has 4 nitrogen and oxygen atoms in total. The normalized spacial score (nSPS) is 22.6. The van der Waals surface area contributed by atoms with Gasteiger partial charge < -0.3 is 4.90 Å². The van der Waals surface area contributed by atoms with Crippen molar-refractivity contribution in [2.75, 3.05) is 5.75 Å². The van der Waals surface area contributed by atoms with Crippen molar-refractivity contribution in [3.8, 4) is 0 Å². The third-order valence-electron chi connectivity index (χ3n) is 7.07. The van der Waals surface area contributed by atoms with Crippen LogP contribution in [0, 0.1) is 5.41 Å². The third-order valence-corrected chi connectivity index (χ3v) is 9.67. The number of sulfone groups is 1. The molecular formula is C29H35Cl2NO3S. The molecule has 0 unspecified atom stereocenters. The Morgan fingerprint density at radius 2 is 1.75 bits per heavy atom. The quantitative estimate of drug-likeness (QED) is 0.317. The highest BCUT2D eigenvalue weighted by Gasteiger charge is 2.50. The van der Waals surface area contributed by atoms with Crippen LogP contribution in [0.15, 0.2) is 72.5 Å². The lowest BCUT2D eigenvalue weighted by Gasteiger charge is -2.50. The minimum atomic E-state index is -3.48. The minimum Gasteiger partial charge on any atom is -0.307 e. The molecule has 2 aromatic rings. The second-order valence-electron chi connectivity index (χ2n) is 10.4. The van der Waals surface area contributed by atoms with Gasteiger partial charge in [-0.3, -0.25) is 4.79 Å². The molecule has 1 aliphatic heterocycles. The fourth-order valence-corrected chi connectivity index (χ4v) is 6.42. The van der Waals surface area contributed by atoms with Crippen molar-refractivity contribution >= 4 is 38.9 Å². The Hall–Kier alpha value is -2.08. The summed E-state index contributed by atoms with van der Waals surface area (Å²) in [6.07, 6.45) is 2.80. The van der Waals surface area contributed by atoms with Gasteiger partial charge in [0, 0.05) is 21.7 Å². The number of carbonyl (C=O) groups is 1. The molecule has 0 N–H and O–H groups in total. The lowest BCUT2D eigenvalue weighted by Crippen LogP contribution is -2.52. The maximum Gasteiger partial charge on any atom is 0.233 e. The van der Waals surface area contributed by atoms with Crippen LogP contribution in [0.3, 0.4) is 0 Å². The molecular weight excluding hydrogens is 513 g/mol. The number of piperidine rings is 1. The van der Waals surface area contributed by atoms with Crippen molar-refractivity contribution in [2.24, 2.45) is 5.41 Å². The number of nitrogens with zero attached hydrogens (tertiary/aromatic N) is 1. The van der Waals surface area contributed by atoms with E-state index in [1.54, 1.807) is 37.0 Å². The second-order valence-corrected chi connectivity index (χ2v) is 13.8. The molecule has 1 saturated heterocycles. The molecule has 194 valence electrons. The Bertz CT molecular complexity index is 1260. The van der Waals surface area contributed by atoms with E-state index in [9.17, 15) is 13.2 Å². The van der Waals surface area contributed by atoms with Crippen LogP contribution in [0.2, 0.25) is 10.0 Å². The fraction of sp³-hybridized carbons (Fsp3) is 0.414. The van der Waals surface area contributed by atoms with Crippen molar-refractivity contribution in [1.82, 2.24) is 4.90 Å². The van der Waals surface area contributed by atoms with Gasteiger partial charge in [0.05, 0.1) is 22.5 Å². The van der Waals surface area contributed by atoms with Gasteiger partial charge in [0.15, 0.2) is 9.84 Å². The van der Waals surface area contributed by atoms with E-state index in [-0.39, 0.29) is 17.6 Å². The predicted octanol–water partition coefficient (Wildman–Crippen LogP) is 7.75. The molecule has 2 aromatic carbocycles. The number of amides is 1. The number of rotatable bonds is 8. The number of benzene rings is 2. The van der Waals surface area contributed by atoms with Gasteiger partial charge in [0.2, 0.25) is 5.91 Å². The van der Waals surface area contributed by atoms with Crippen molar-refractivity contribution < 1.29 is 13.2 Å². The lowest BCUT2D eigenvalue weighted by molar-refractivity contribution is -0.147. The molecule has 0 spiro atoms. The second kappa shape index (κ2) is 11.1. The summed E-state index contributed by atoms with van der Waals surface area (Å²) in [5.41, 5.74) is 2.43. The van der Waals surface area contributed by atoms with Crippen LogP contribution in [-0.2, 0) is 14.6 Å². The smallest absolute Gasteiger partial charge is 0.233 e. The standard InChI is InChI=1S/C29H35Cl2NO3S/c1-7-15-29(6)17-25(22-9-8-10-24(31)16-22)27(21-11-13-23(30)14-12-21)32(28(29)33)26(19(2)3)18-36(34,35)20(4)5/h7-14,16,20,25,27H,1,15,17-18H2,2-6H3/t25-,27-,29+/m1/s1. The monoisotopic (exact) mass is 547 g/mol. The van der Waals surface area contributed by atoms with Gasteiger partial charge in [0.25, 0.3) is 0 Å². The van der Waals surface area contributed by atoms with E-state index in [2.05, 4.69) is 6.58 Å². The topological polar surface area (TPSA) is 54.5 Å². The van der Waals surface area contributed by atoms with Crippen LogP contribution in [0.1, 0.15) is 70.5 Å². The summed E-state index contributed by atoms with van der Waals surface area (Å²) in [5, 5.41) is 0.637. The Labute approximate surface area is 225 Å². The van der Waals surface area contributed by atoms with Crippen LogP contribution in [-0.4, -0.2) is 30.2 Å². The summed E-state index contributed by atoms with van der Waals surface area (Å²) >= 11 is 12.6. The maximum absolute atomic E-state index is 14.3. The summed E-state index contributed by atoms with van der Waals surface area (Å²) in [6, 6.07) is 14.7. The van der Waals surface area contributed by atoms with Gasteiger partial charge in [-0.15, -0.1) is 6.58 Å². The van der Waals surface area contributed by atoms with Crippen LogP contribution in [0.25, 0.3) is 0 Å². The van der Waals surface area contributed by atoms with E-state index in [0.29, 0.717) is 28.6 Å². The zero-order valence-electron chi connectivity index (χ0n) is 21.6. The van der Waals surface area contributed by atoms with Crippen molar-refractivity contribution in [3.05, 3.63) is 93.6 Å². The van der Waals surface area contributed by atoms with Crippen LogP contribution in [0.5, 0.6) is 0 Å². The van der Waals surface area contributed by atoms with Gasteiger partial charge in [-0.2, -0.15) is 0 Å². The van der Waals surface area contributed by atoms with E-state index in [1.807, 2.05) is 57.2 Å². The summed E-state index contributed by atoms with van der Waals surface area (Å²) in [6.45, 7) is 12.9. The van der Waals surface area contributed by atoms with Crippen molar-refractivity contribution in [3.63, 3.8) is 0 Å². The first-order valence-electron chi connectivity index (χ1n) is 12.1. The van der Waals surface area contributed by atoms with Gasteiger partial charge >= 0.3 is 0 Å². The van der Waals surface area contributed by atoms with Crippen LogP contribution >= 0.6 is 23.2 Å². The number of halogens is 2. The van der Waals surface area contributed by atoms with E-state index < -0.39 is 26.5 Å². The van der Waals surface area contributed by atoms with Crippen LogP contribution < -0.4 is 0 Å². The summed E-state index contributed by atoms with van der Waals surface area (Å²) < 4.78 is 26.3. The Morgan fingerprint density at radius 3 is 2.28 bits per heavy atom. The highest BCUT2D eigenvalue weighted by molar-refractivity contribution is 7.92. The predicted molar refractivity (Wildman–Crippen MR) is 150 cm³/mol. The molecule has 0 saturated carbocycles. The molecule has 0 aromatic heterocycles. The van der Waals surface area contributed by atoms with Crippen molar-refractivity contribution in [2.45, 2.75) is 64.7 Å². The first-order valence-corrected chi connectivity index (χ1v) is 14.6. The molecule has 1 amide bonds. The molecule has 36 heavy (non-hydrogen) atoms.